The molecule has 0 radical (unpaired) electrons. The quantitative estimate of drug-likeness (QED) is 0.203. The van der Waals surface area contributed by atoms with E-state index in [1.54, 1.807) is 0 Å². The summed E-state index contributed by atoms with van der Waals surface area (Å²) in [5, 5.41) is 5.07. The predicted molar refractivity (Wildman–Crippen MR) is 186 cm³/mol. The number of fused-ring (bicyclic) bond motifs is 6. The average molecular weight is 561 g/mol. The van der Waals surface area contributed by atoms with Crippen LogP contribution in [0.1, 0.15) is 0 Å². The Balaban J connectivity index is 1.28. The van der Waals surface area contributed by atoms with Crippen molar-refractivity contribution in [3.05, 3.63) is 170 Å². The minimum Gasteiger partial charge on any atom is -0.309 e. The van der Waals surface area contributed by atoms with Crippen LogP contribution in [0.15, 0.2) is 170 Å². The Morgan fingerprint density at radius 3 is 1.59 bits per heavy atom. The molecule has 0 atom stereocenters. The third-order valence-corrected chi connectivity index (χ3v) is 8.93. The van der Waals surface area contributed by atoms with Gasteiger partial charge in [0.1, 0.15) is 0 Å². The first kappa shape index (κ1) is 24.7. The van der Waals surface area contributed by atoms with Gasteiger partial charge in [-0.1, -0.05) is 121 Å². The zero-order valence-corrected chi connectivity index (χ0v) is 24.1. The van der Waals surface area contributed by atoms with Gasteiger partial charge in [-0.15, -0.1) is 0 Å². The van der Waals surface area contributed by atoms with Crippen LogP contribution in [0.2, 0.25) is 0 Å². The van der Waals surface area contributed by atoms with E-state index in [9.17, 15) is 0 Å². The normalized spacial score (nSPS) is 11.6. The first-order valence-electron chi connectivity index (χ1n) is 15.1. The number of aromatic nitrogens is 2. The second-order valence-corrected chi connectivity index (χ2v) is 11.4. The van der Waals surface area contributed by atoms with Crippen LogP contribution in [0.3, 0.4) is 0 Å². The van der Waals surface area contributed by atoms with Gasteiger partial charge in [0.25, 0.3) is 0 Å². The molecule has 2 aromatic heterocycles. The van der Waals surface area contributed by atoms with E-state index >= 15 is 0 Å². The maximum atomic E-state index is 2.41. The Bertz CT molecular complexity index is 2460. The van der Waals surface area contributed by atoms with Gasteiger partial charge < -0.3 is 9.13 Å². The molecule has 0 aliphatic carbocycles. The Hall–Kier alpha value is -5.86. The minimum atomic E-state index is 1.16. The van der Waals surface area contributed by atoms with Crippen LogP contribution in [-0.4, -0.2) is 9.13 Å². The van der Waals surface area contributed by atoms with E-state index in [1.165, 1.54) is 71.6 Å². The fourth-order valence-electron chi connectivity index (χ4n) is 6.96. The highest BCUT2D eigenvalue weighted by Crippen LogP contribution is 2.41. The molecular weight excluding hydrogens is 532 g/mol. The van der Waals surface area contributed by atoms with Crippen molar-refractivity contribution in [1.82, 2.24) is 9.13 Å². The van der Waals surface area contributed by atoms with Gasteiger partial charge in [-0.05, 0) is 70.8 Å². The maximum absolute atomic E-state index is 2.41. The molecule has 7 aromatic carbocycles. The highest BCUT2D eigenvalue weighted by Gasteiger charge is 2.18. The number of hydrogen-bond acceptors (Lipinski definition) is 0. The summed E-state index contributed by atoms with van der Waals surface area (Å²) in [6.45, 7) is 0. The molecule has 9 rings (SSSR count). The number of rotatable bonds is 4. The van der Waals surface area contributed by atoms with Gasteiger partial charge in [-0.3, -0.25) is 0 Å². The van der Waals surface area contributed by atoms with E-state index < -0.39 is 0 Å². The Kier molecular flexibility index (Phi) is 5.54. The molecule has 0 aliphatic heterocycles. The molecule has 9 aromatic rings. The summed E-state index contributed by atoms with van der Waals surface area (Å²) in [6, 6.07) is 61.4. The summed E-state index contributed by atoms with van der Waals surface area (Å²) in [6.07, 6.45) is 0. The molecule has 44 heavy (non-hydrogen) atoms. The van der Waals surface area contributed by atoms with Gasteiger partial charge >= 0.3 is 0 Å². The summed E-state index contributed by atoms with van der Waals surface area (Å²) in [5.74, 6) is 0. The Morgan fingerprint density at radius 1 is 0.295 bits per heavy atom. The Labute approximate surface area is 255 Å². The van der Waals surface area contributed by atoms with Gasteiger partial charge in [-0.25, -0.2) is 0 Å². The molecule has 0 amide bonds. The summed E-state index contributed by atoms with van der Waals surface area (Å²) in [7, 11) is 0. The van der Waals surface area contributed by atoms with Crippen LogP contribution in [0, 0.1) is 0 Å². The molecule has 2 heteroatoms. The molecule has 0 saturated carbocycles. The first-order chi connectivity index (χ1) is 21.8. The Morgan fingerprint density at radius 2 is 0.818 bits per heavy atom. The first-order valence-corrected chi connectivity index (χ1v) is 15.1. The number of benzene rings is 7. The average Bonchev–Trinajstić information content (AvgIpc) is 3.62. The van der Waals surface area contributed by atoms with Crippen molar-refractivity contribution in [2.24, 2.45) is 0 Å². The third-order valence-electron chi connectivity index (χ3n) is 8.93. The largest absolute Gasteiger partial charge is 0.309 e. The number of nitrogens with zero attached hydrogens (tertiary/aromatic N) is 2. The van der Waals surface area contributed by atoms with E-state index in [2.05, 4.69) is 179 Å². The number of para-hydroxylation sites is 3. The van der Waals surface area contributed by atoms with Gasteiger partial charge in [0, 0.05) is 32.9 Å². The summed E-state index contributed by atoms with van der Waals surface area (Å²) >= 11 is 0. The number of hydrogen-bond donors (Lipinski definition) is 0. The highest BCUT2D eigenvalue weighted by molar-refractivity contribution is 6.17. The van der Waals surface area contributed by atoms with Crippen LogP contribution in [0.5, 0.6) is 0 Å². The molecule has 0 spiro atoms. The van der Waals surface area contributed by atoms with Crippen LogP contribution in [0.25, 0.3) is 77.2 Å². The monoisotopic (exact) mass is 560 g/mol. The van der Waals surface area contributed by atoms with Crippen molar-refractivity contribution in [2.75, 3.05) is 0 Å². The fourth-order valence-corrected chi connectivity index (χ4v) is 6.96. The van der Waals surface area contributed by atoms with Crippen LogP contribution < -0.4 is 0 Å². The van der Waals surface area contributed by atoms with Crippen LogP contribution in [0.4, 0.5) is 0 Å². The topological polar surface area (TPSA) is 9.86 Å². The summed E-state index contributed by atoms with van der Waals surface area (Å²) < 4.78 is 4.80. The smallest absolute Gasteiger partial charge is 0.0547 e. The lowest BCUT2D eigenvalue weighted by molar-refractivity contribution is 1.18. The lowest BCUT2D eigenvalue weighted by Gasteiger charge is -2.11. The molecule has 0 saturated heterocycles. The van der Waals surface area contributed by atoms with Gasteiger partial charge in [0.05, 0.1) is 22.1 Å². The van der Waals surface area contributed by atoms with Crippen molar-refractivity contribution in [3.8, 4) is 33.6 Å². The van der Waals surface area contributed by atoms with E-state index in [0.717, 1.165) is 5.69 Å². The molecule has 2 nitrogen and oxygen atoms in total. The van der Waals surface area contributed by atoms with E-state index in [-0.39, 0.29) is 0 Å². The molecule has 0 aliphatic rings. The van der Waals surface area contributed by atoms with E-state index in [1.807, 2.05) is 0 Å². The SMILES string of the molecule is c1ccc(-c2ccc(-n3c4ccccc4c4c(-c5ccc6c7ccccc7n(-c7ccccc7)c6c5)cccc43)cc2)cc1. The molecule has 0 bridgehead atoms. The highest BCUT2D eigenvalue weighted by atomic mass is 15.0. The second kappa shape index (κ2) is 9.86. The fraction of sp³-hybridized carbons (Fsp3) is 0. The van der Waals surface area contributed by atoms with Crippen molar-refractivity contribution in [2.45, 2.75) is 0 Å². The van der Waals surface area contributed by atoms with Crippen molar-refractivity contribution < 1.29 is 0 Å². The van der Waals surface area contributed by atoms with Crippen LogP contribution in [-0.2, 0) is 0 Å². The van der Waals surface area contributed by atoms with Gasteiger partial charge in [0.2, 0.25) is 0 Å². The molecule has 0 N–H and O–H groups in total. The lowest BCUT2D eigenvalue weighted by atomic mass is 9.98. The molecular formula is C42H28N2. The summed E-state index contributed by atoms with van der Waals surface area (Å²) in [4.78, 5) is 0. The van der Waals surface area contributed by atoms with Crippen molar-refractivity contribution >= 4 is 43.6 Å². The standard InChI is InChI=1S/C42H28N2/c1-3-12-29(13-4-1)30-22-25-33(26-23-30)43-39-20-10-8-17-37(39)42-34(18-11-21-40(42)43)31-24-27-36-35-16-7-9-19-38(35)44(41(36)28-31)32-14-5-2-6-15-32/h1-28H. The van der Waals surface area contributed by atoms with Crippen molar-refractivity contribution in [1.29, 1.82) is 0 Å². The van der Waals surface area contributed by atoms with Crippen molar-refractivity contribution in [3.63, 3.8) is 0 Å². The molecule has 0 fully saturated rings. The lowest BCUT2D eigenvalue weighted by Crippen LogP contribution is -1.94. The van der Waals surface area contributed by atoms with E-state index in [4.69, 9.17) is 0 Å². The summed E-state index contributed by atoms with van der Waals surface area (Å²) in [5.41, 5.74) is 12.1. The molecule has 0 unspecified atom stereocenters. The zero-order chi connectivity index (χ0) is 29.0. The minimum absolute atomic E-state index is 1.16. The molecule has 206 valence electrons. The van der Waals surface area contributed by atoms with Gasteiger partial charge in [0.15, 0.2) is 0 Å². The predicted octanol–water partition coefficient (Wildman–Crippen LogP) is 11.2. The zero-order valence-electron chi connectivity index (χ0n) is 24.1. The third kappa shape index (κ3) is 3.75. The second-order valence-electron chi connectivity index (χ2n) is 11.4. The maximum Gasteiger partial charge on any atom is 0.0547 e. The van der Waals surface area contributed by atoms with E-state index in [0.29, 0.717) is 0 Å². The molecule has 2 heterocycles. The van der Waals surface area contributed by atoms with Gasteiger partial charge in [-0.2, -0.15) is 0 Å². The van der Waals surface area contributed by atoms with Crippen LogP contribution >= 0.6 is 0 Å².